The Morgan fingerprint density at radius 2 is 1.79 bits per heavy atom. The van der Waals surface area contributed by atoms with Crippen molar-refractivity contribution >= 4 is 35.0 Å². The van der Waals surface area contributed by atoms with E-state index in [2.05, 4.69) is 25.9 Å². The molecule has 34 heavy (non-hydrogen) atoms. The Balaban J connectivity index is 1.41. The zero-order valence-corrected chi connectivity index (χ0v) is 19.8. The number of amides is 2. The fraction of sp³-hybridized carbons (Fsp3) is 0.174. The molecule has 2 aromatic carbocycles. The number of aromatic nitrogens is 5. The number of hydrogen-bond donors (Lipinski definition) is 3. The second kappa shape index (κ2) is 9.79. The quantitative estimate of drug-likeness (QED) is 0.276. The van der Waals surface area contributed by atoms with Crippen LogP contribution in [-0.4, -0.2) is 42.2 Å². The van der Waals surface area contributed by atoms with Gasteiger partial charge in [-0.25, -0.2) is 9.36 Å². The number of benzene rings is 2. The predicted molar refractivity (Wildman–Crippen MR) is 132 cm³/mol. The van der Waals surface area contributed by atoms with E-state index in [1.807, 2.05) is 51.1 Å². The van der Waals surface area contributed by atoms with Gasteiger partial charge in [0.25, 0.3) is 11.9 Å². The summed E-state index contributed by atoms with van der Waals surface area (Å²) in [6.45, 7) is 5.71. The molecule has 2 heterocycles. The number of rotatable bonds is 7. The van der Waals surface area contributed by atoms with Gasteiger partial charge in [-0.15, -0.1) is 10.2 Å². The van der Waals surface area contributed by atoms with Crippen LogP contribution in [0.15, 0.2) is 59.8 Å². The molecule has 2 amide bonds. The van der Waals surface area contributed by atoms with Crippen molar-refractivity contribution < 1.29 is 9.59 Å². The van der Waals surface area contributed by atoms with Crippen LogP contribution in [0.4, 0.5) is 11.4 Å². The number of nitrogens with two attached hydrogens (primary N) is 1. The van der Waals surface area contributed by atoms with Crippen LogP contribution in [0.3, 0.4) is 0 Å². The van der Waals surface area contributed by atoms with E-state index in [4.69, 9.17) is 5.84 Å². The van der Waals surface area contributed by atoms with Crippen LogP contribution < -0.4 is 16.5 Å². The van der Waals surface area contributed by atoms with Crippen molar-refractivity contribution in [1.82, 2.24) is 24.7 Å². The molecule has 0 bridgehead atoms. The van der Waals surface area contributed by atoms with Gasteiger partial charge in [0, 0.05) is 11.4 Å². The topological polar surface area (TPSA) is 133 Å². The standard InChI is InChI=1S/C23H24N8O2S/c1-14-7-6-8-17(11-14)25-21(33)18-9-4-5-10-19(18)26-20(32)13-34-23-28-27-22(30(23)24)31-16(3)12-15(2)29-31/h4-12H,13,24H2,1-3H3,(H,25,33)(H,26,32). The Kier molecular flexibility index (Phi) is 6.64. The van der Waals surface area contributed by atoms with E-state index in [1.54, 1.807) is 28.9 Å². The average molecular weight is 477 g/mol. The van der Waals surface area contributed by atoms with Crippen LogP contribution in [0.1, 0.15) is 27.3 Å². The number of nitrogens with zero attached hydrogens (tertiary/aromatic N) is 5. The lowest BCUT2D eigenvalue weighted by molar-refractivity contribution is -0.113. The number of nitrogen functional groups attached to an aromatic ring is 1. The van der Waals surface area contributed by atoms with Crippen molar-refractivity contribution in [2.75, 3.05) is 22.2 Å². The molecular weight excluding hydrogens is 452 g/mol. The molecule has 0 fully saturated rings. The SMILES string of the molecule is Cc1cccc(NC(=O)c2ccccc2NC(=O)CSc2nnc(-n3nc(C)cc3C)n2N)c1. The third-order valence-electron chi connectivity index (χ3n) is 4.90. The van der Waals surface area contributed by atoms with Crippen molar-refractivity contribution in [3.8, 4) is 5.95 Å². The van der Waals surface area contributed by atoms with Gasteiger partial charge in [0.15, 0.2) is 0 Å². The van der Waals surface area contributed by atoms with Crippen LogP contribution in [0.25, 0.3) is 5.95 Å². The maximum Gasteiger partial charge on any atom is 0.271 e. The number of thioether (sulfide) groups is 1. The number of aryl methyl sites for hydroxylation is 3. The van der Waals surface area contributed by atoms with Gasteiger partial charge in [0.2, 0.25) is 11.1 Å². The van der Waals surface area contributed by atoms with Crippen LogP contribution in [0.2, 0.25) is 0 Å². The van der Waals surface area contributed by atoms with E-state index in [0.717, 1.165) is 28.7 Å². The number of carbonyl (C=O) groups excluding carboxylic acids is 2. The number of nitrogens with one attached hydrogen (secondary N) is 2. The highest BCUT2D eigenvalue weighted by atomic mass is 32.2. The first-order valence-electron chi connectivity index (χ1n) is 10.5. The Morgan fingerprint density at radius 1 is 1.00 bits per heavy atom. The summed E-state index contributed by atoms with van der Waals surface area (Å²) in [4.78, 5) is 25.4. The minimum absolute atomic E-state index is 0.0281. The van der Waals surface area contributed by atoms with Crippen molar-refractivity contribution in [3.63, 3.8) is 0 Å². The van der Waals surface area contributed by atoms with Gasteiger partial charge in [-0.3, -0.25) is 9.59 Å². The Hall–Kier alpha value is -4.12. The molecule has 0 radical (unpaired) electrons. The molecule has 11 heteroatoms. The van der Waals surface area contributed by atoms with E-state index >= 15 is 0 Å². The lowest BCUT2D eigenvalue weighted by Gasteiger charge is -2.12. The molecule has 4 N–H and O–H groups in total. The van der Waals surface area contributed by atoms with E-state index in [1.165, 1.54) is 4.68 Å². The van der Waals surface area contributed by atoms with Crippen molar-refractivity contribution in [1.29, 1.82) is 0 Å². The molecule has 0 saturated carbocycles. The van der Waals surface area contributed by atoms with Gasteiger partial charge in [0.1, 0.15) is 0 Å². The van der Waals surface area contributed by atoms with Crippen LogP contribution in [-0.2, 0) is 4.79 Å². The molecule has 0 atom stereocenters. The third-order valence-corrected chi connectivity index (χ3v) is 5.84. The van der Waals surface area contributed by atoms with Crippen LogP contribution in [0.5, 0.6) is 0 Å². The molecule has 0 spiro atoms. The minimum atomic E-state index is -0.314. The second-order valence-corrected chi connectivity index (χ2v) is 8.64. The molecule has 0 aliphatic heterocycles. The van der Waals surface area contributed by atoms with Gasteiger partial charge in [-0.05, 0) is 56.7 Å². The monoisotopic (exact) mass is 476 g/mol. The van der Waals surface area contributed by atoms with Crippen LogP contribution >= 0.6 is 11.8 Å². The number of anilines is 2. The highest BCUT2D eigenvalue weighted by Crippen LogP contribution is 2.21. The maximum absolute atomic E-state index is 12.8. The molecule has 4 aromatic rings. The molecule has 0 aliphatic rings. The molecule has 2 aromatic heterocycles. The summed E-state index contributed by atoms with van der Waals surface area (Å²) in [5.74, 6) is 5.88. The first kappa shape index (κ1) is 23.1. The molecule has 174 valence electrons. The molecular formula is C23H24N8O2S. The van der Waals surface area contributed by atoms with Crippen molar-refractivity contribution in [3.05, 3.63) is 77.1 Å². The highest BCUT2D eigenvalue weighted by molar-refractivity contribution is 7.99. The number of para-hydroxylation sites is 1. The third kappa shape index (κ3) is 5.09. The highest BCUT2D eigenvalue weighted by Gasteiger charge is 2.17. The first-order chi connectivity index (χ1) is 16.3. The van der Waals surface area contributed by atoms with Gasteiger partial charge in [-0.2, -0.15) is 5.10 Å². The summed E-state index contributed by atoms with van der Waals surface area (Å²) in [5, 5.41) is 18.5. The lowest BCUT2D eigenvalue weighted by atomic mass is 10.1. The van der Waals surface area contributed by atoms with E-state index in [0.29, 0.717) is 28.0 Å². The zero-order chi connectivity index (χ0) is 24.2. The Bertz CT molecular complexity index is 1360. The molecule has 0 saturated heterocycles. The average Bonchev–Trinajstić information content (AvgIpc) is 3.32. The molecule has 10 nitrogen and oxygen atoms in total. The summed E-state index contributed by atoms with van der Waals surface area (Å²) < 4.78 is 2.89. The van der Waals surface area contributed by atoms with E-state index < -0.39 is 0 Å². The van der Waals surface area contributed by atoms with Gasteiger partial charge in [-0.1, -0.05) is 36.0 Å². The van der Waals surface area contributed by atoms with Crippen molar-refractivity contribution in [2.24, 2.45) is 0 Å². The summed E-state index contributed by atoms with van der Waals surface area (Å²) in [6, 6.07) is 16.2. The van der Waals surface area contributed by atoms with Gasteiger partial charge >= 0.3 is 0 Å². The number of carbonyl (C=O) groups is 2. The Morgan fingerprint density at radius 3 is 2.53 bits per heavy atom. The fourth-order valence-corrected chi connectivity index (χ4v) is 4.02. The van der Waals surface area contributed by atoms with Crippen molar-refractivity contribution in [2.45, 2.75) is 25.9 Å². The smallest absolute Gasteiger partial charge is 0.271 e. The summed E-state index contributed by atoms with van der Waals surface area (Å²) in [6.07, 6.45) is 0. The maximum atomic E-state index is 12.8. The molecule has 0 aliphatic carbocycles. The molecule has 4 rings (SSSR count). The van der Waals surface area contributed by atoms with E-state index in [-0.39, 0.29) is 17.6 Å². The largest absolute Gasteiger partial charge is 0.334 e. The summed E-state index contributed by atoms with van der Waals surface area (Å²) in [5.41, 5.74) is 4.19. The first-order valence-corrected chi connectivity index (χ1v) is 11.4. The Labute approximate surface area is 200 Å². The van der Waals surface area contributed by atoms with Gasteiger partial charge in [0.05, 0.1) is 22.7 Å². The van der Waals surface area contributed by atoms with E-state index in [9.17, 15) is 9.59 Å². The second-order valence-electron chi connectivity index (χ2n) is 7.70. The normalized spacial score (nSPS) is 10.8. The molecule has 0 unspecified atom stereocenters. The summed E-state index contributed by atoms with van der Waals surface area (Å²) >= 11 is 1.13. The minimum Gasteiger partial charge on any atom is -0.334 e. The predicted octanol–water partition coefficient (Wildman–Crippen LogP) is 3.09. The van der Waals surface area contributed by atoms with Crippen LogP contribution in [0, 0.1) is 20.8 Å². The summed E-state index contributed by atoms with van der Waals surface area (Å²) in [7, 11) is 0. The zero-order valence-electron chi connectivity index (χ0n) is 18.9. The van der Waals surface area contributed by atoms with Gasteiger partial charge < -0.3 is 16.5 Å². The fourth-order valence-electron chi connectivity index (χ4n) is 3.37. The number of hydrogen-bond acceptors (Lipinski definition) is 7. The lowest BCUT2D eigenvalue weighted by Crippen LogP contribution is -2.20.